The van der Waals surface area contributed by atoms with Gasteiger partial charge in [-0.05, 0) is 46.6 Å². The van der Waals surface area contributed by atoms with E-state index >= 15 is 0 Å². The van der Waals surface area contributed by atoms with Crippen molar-refractivity contribution in [1.29, 1.82) is 0 Å². The maximum absolute atomic E-state index is 11.7. The van der Waals surface area contributed by atoms with Gasteiger partial charge in [-0.15, -0.1) is 0 Å². The lowest BCUT2D eigenvalue weighted by atomic mass is 9.98. The summed E-state index contributed by atoms with van der Waals surface area (Å²) in [5.41, 5.74) is 0. The van der Waals surface area contributed by atoms with Gasteiger partial charge in [-0.3, -0.25) is 9.69 Å². The van der Waals surface area contributed by atoms with E-state index in [0.717, 1.165) is 0 Å². The minimum Gasteiger partial charge on any atom is -0.353 e. The van der Waals surface area contributed by atoms with Crippen molar-refractivity contribution in [3.63, 3.8) is 0 Å². The molecule has 0 spiro atoms. The molecule has 17 heavy (non-hydrogen) atoms. The first-order valence-corrected chi connectivity index (χ1v) is 6.80. The lowest BCUT2D eigenvalue weighted by Gasteiger charge is -2.35. The van der Waals surface area contributed by atoms with E-state index in [1.165, 1.54) is 25.7 Å². The average Bonchev–Trinajstić information content (AvgIpc) is 2.56. The number of hydrogen-bond acceptors (Lipinski definition) is 3. The number of likely N-dealkylation sites (N-methyl/N-ethyl adjacent to an activating group) is 1. The highest BCUT2D eigenvalue weighted by molar-refractivity contribution is 5.78. The smallest absolute Gasteiger partial charge is 0.234 e. The van der Waals surface area contributed by atoms with Gasteiger partial charge in [-0.1, -0.05) is 0 Å². The molecule has 0 radical (unpaired) electrons. The topological polar surface area (TPSA) is 44.4 Å². The van der Waals surface area contributed by atoms with Gasteiger partial charge in [0.05, 0.1) is 6.54 Å². The third kappa shape index (κ3) is 3.42. The largest absolute Gasteiger partial charge is 0.353 e. The Labute approximate surface area is 104 Å². The molecule has 2 bridgehead atoms. The van der Waals surface area contributed by atoms with Crippen molar-refractivity contribution < 1.29 is 4.79 Å². The molecule has 1 amide bonds. The van der Waals surface area contributed by atoms with Crippen LogP contribution in [-0.2, 0) is 4.79 Å². The predicted molar refractivity (Wildman–Crippen MR) is 68.9 cm³/mol. The molecule has 0 saturated carbocycles. The zero-order valence-corrected chi connectivity index (χ0v) is 11.2. The van der Waals surface area contributed by atoms with Crippen LogP contribution in [0.25, 0.3) is 0 Å². The number of carbonyl (C=O) groups is 1. The molecule has 2 aliphatic heterocycles. The fourth-order valence-corrected chi connectivity index (χ4v) is 3.11. The Hall–Kier alpha value is -0.610. The van der Waals surface area contributed by atoms with E-state index in [4.69, 9.17) is 0 Å². The number of nitrogens with one attached hydrogen (secondary N) is 2. The zero-order valence-electron chi connectivity index (χ0n) is 11.2. The Balaban J connectivity index is 1.79. The standard InChI is InChI=1S/C13H25N3O/c1-9(2)14-13(17)8-16(3)12-6-10-4-5-11(7-12)15-10/h9-12,15H,4-8H2,1-3H3,(H,14,17). The number of amides is 1. The molecule has 0 aliphatic carbocycles. The molecule has 0 aromatic heterocycles. The van der Waals surface area contributed by atoms with E-state index in [-0.39, 0.29) is 11.9 Å². The van der Waals surface area contributed by atoms with Gasteiger partial charge in [0.2, 0.25) is 5.91 Å². The van der Waals surface area contributed by atoms with Crippen LogP contribution in [0.3, 0.4) is 0 Å². The second-order valence-electron chi connectivity index (χ2n) is 5.90. The summed E-state index contributed by atoms with van der Waals surface area (Å²) in [5, 5.41) is 6.59. The third-order valence-corrected chi connectivity index (χ3v) is 3.91. The SMILES string of the molecule is CC(C)NC(=O)CN(C)C1CC2CCC(C1)N2. The van der Waals surface area contributed by atoms with Gasteiger partial charge in [0.1, 0.15) is 0 Å². The number of fused-ring (bicyclic) bond motifs is 2. The van der Waals surface area contributed by atoms with Crippen LogP contribution in [-0.4, -0.2) is 48.6 Å². The molecule has 4 nitrogen and oxygen atoms in total. The van der Waals surface area contributed by atoms with Crippen LogP contribution in [0.15, 0.2) is 0 Å². The maximum atomic E-state index is 11.7. The summed E-state index contributed by atoms with van der Waals surface area (Å²) in [6.07, 6.45) is 5.02. The monoisotopic (exact) mass is 239 g/mol. The van der Waals surface area contributed by atoms with Crippen LogP contribution < -0.4 is 10.6 Å². The van der Waals surface area contributed by atoms with Crippen molar-refractivity contribution in [2.45, 2.75) is 63.7 Å². The van der Waals surface area contributed by atoms with Gasteiger partial charge >= 0.3 is 0 Å². The number of hydrogen-bond donors (Lipinski definition) is 2. The van der Waals surface area contributed by atoms with Gasteiger partial charge in [-0.2, -0.15) is 0 Å². The highest BCUT2D eigenvalue weighted by Crippen LogP contribution is 2.28. The lowest BCUT2D eigenvalue weighted by Crippen LogP contribution is -2.49. The molecule has 4 heteroatoms. The summed E-state index contributed by atoms with van der Waals surface area (Å²) in [7, 11) is 2.08. The number of rotatable bonds is 4. The number of carbonyl (C=O) groups excluding carboxylic acids is 1. The first-order chi connectivity index (χ1) is 8.04. The molecule has 0 aromatic rings. The predicted octanol–water partition coefficient (Wildman–Crippen LogP) is 0.726. The molecule has 2 rings (SSSR count). The Morgan fingerprint density at radius 3 is 2.47 bits per heavy atom. The third-order valence-electron chi connectivity index (χ3n) is 3.91. The summed E-state index contributed by atoms with van der Waals surface area (Å²) in [4.78, 5) is 13.9. The van der Waals surface area contributed by atoms with Crippen molar-refractivity contribution in [2.75, 3.05) is 13.6 Å². The summed E-state index contributed by atoms with van der Waals surface area (Å²) in [5.74, 6) is 0.147. The summed E-state index contributed by atoms with van der Waals surface area (Å²) in [6, 6.07) is 2.19. The first-order valence-electron chi connectivity index (χ1n) is 6.80. The molecule has 2 heterocycles. The number of nitrogens with zero attached hydrogens (tertiary/aromatic N) is 1. The van der Waals surface area contributed by atoms with Crippen molar-refractivity contribution >= 4 is 5.91 Å². The maximum Gasteiger partial charge on any atom is 0.234 e. The highest BCUT2D eigenvalue weighted by atomic mass is 16.2. The summed E-state index contributed by atoms with van der Waals surface area (Å²) < 4.78 is 0. The van der Waals surface area contributed by atoms with Gasteiger partial charge in [-0.25, -0.2) is 0 Å². The van der Waals surface area contributed by atoms with Crippen LogP contribution in [0.5, 0.6) is 0 Å². The molecular weight excluding hydrogens is 214 g/mol. The van der Waals surface area contributed by atoms with Crippen molar-refractivity contribution in [3.05, 3.63) is 0 Å². The van der Waals surface area contributed by atoms with E-state index in [9.17, 15) is 4.79 Å². The van der Waals surface area contributed by atoms with Gasteiger partial charge < -0.3 is 10.6 Å². The van der Waals surface area contributed by atoms with Crippen LogP contribution in [0.2, 0.25) is 0 Å². The van der Waals surface area contributed by atoms with Gasteiger partial charge in [0.15, 0.2) is 0 Å². The van der Waals surface area contributed by atoms with E-state index in [0.29, 0.717) is 24.7 Å². The van der Waals surface area contributed by atoms with Crippen LogP contribution >= 0.6 is 0 Å². The second-order valence-corrected chi connectivity index (χ2v) is 5.90. The van der Waals surface area contributed by atoms with Crippen LogP contribution in [0, 0.1) is 0 Å². The highest BCUT2D eigenvalue weighted by Gasteiger charge is 2.35. The fraction of sp³-hybridized carbons (Fsp3) is 0.923. The average molecular weight is 239 g/mol. The van der Waals surface area contributed by atoms with E-state index in [1.54, 1.807) is 0 Å². The molecule has 2 atom stereocenters. The van der Waals surface area contributed by atoms with Gasteiger partial charge in [0, 0.05) is 24.2 Å². The van der Waals surface area contributed by atoms with Gasteiger partial charge in [0.25, 0.3) is 0 Å². The lowest BCUT2D eigenvalue weighted by molar-refractivity contribution is -0.123. The van der Waals surface area contributed by atoms with Crippen LogP contribution in [0.1, 0.15) is 39.5 Å². The van der Waals surface area contributed by atoms with E-state index in [2.05, 4.69) is 22.6 Å². The second kappa shape index (κ2) is 5.36. The molecule has 2 N–H and O–H groups in total. The summed E-state index contributed by atoms with van der Waals surface area (Å²) in [6.45, 7) is 4.54. The molecule has 2 unspecified atom stereocenters. The molecule has 2 aliphatic rings. The van der Waals surface area contributed by atoms with E-state index in [1.807, 2.05) is 13.8 Å². The molecule has 2 fully saturated rings. The minimum atomic E-state index is 0.147. The Kier molecular flexibility index (Phi) is 4.05. The Morgan fingerprint density at radius 2 is 1.94 bits per heavy atom. The first kappa shape index (κ1) is 12.8. The summed E-state index contributed by atoms with van der Waals surface area (Å²) >= 11 is 0. The van der Waals surface area contributed by atoms with E-state index < -0.39 is 0 Å². The normalized spacial score (nSPS) is 32.2. The fourth-order valence-electron chi connectivity index (χ4n) is 3.11. The quantitative estimate of drug-likeness (QED) is 0.760. The number of piperidine rings is 1. The minimum absolute atomic E-state index is 0.147. The van der Waals surface area contributed by atoms with Crippen molar-refractivity contribution in [2.24, 2.45) is 0 Å². The zero-order chi connectivity index (χ0) is 12.4. The molecule has 98 valence electrons. The molecule has 0 aromatic carbocycles. The van der Waals surface area contributed by atoms with Crippen LogP contribution in [0.4, 0.5) is 0 Å². The Morgan fingerprint density at radius 1 is 1.35 bits per heavy atom. The Bertz CT molecular complexity index is 268. The molecule has 2 saturated heterocycles. The van der Waals surface area contributed by atoms with Crippen molar-refractivity contribution in [1.82, 2.24) is 15.5 Å². The van der Waals surface area contributed by atoms with Crippen molar-refractivity contribution in [3.8, 4) is 0 Å². The molecular formula is C13H25N3O.